The molecule has 0 heterocycles. The fraction of sp³-hybridized carbons (Fsp3) is 0.118. The van der Waals surface area contributed by atoms with Gasteiger partial charge in [-0.1, -0.05) is 22.0 Å². The van der Waals surface area contributed by atoms with Gasteiger partial charge in [-0.3, -0.25) is 10.1 Å². The second-order valence-electron chi connectivity index (χ2n) is 4.85. The SMILES string of the molecule is COc1cc(/C=C(/C)[N+](=O)[O-])ccc1OC(=O)c1ccc(Br)cc1. The summed E-state index contributed by atoms with van der Waals surface area (Å²) in [4.78, 5) is 22.4. The van der Waals surface area contributed by atoms with E-state index in [2.05, 4.69) is 15.9 Å². The van der Waals surface area contributed by atoms with Crippen molar-refractivity contribution in [1.82, 2.24) is 0 Å². The third kappa shape index (κ3) is 4.42. The van der Waals surface area contributed by atoms with Crippen molar-refractivity contribution >= 4 is 28.0 Å². The Morgan fingerprint density at radius 3 is 2.42 bits per heavy atom. The molecule has 2 aromatic carbocycles. The van der Waals surface area contributed by atoms with Crippen LogP contribution in [0.3, 0.4) is 0 Å². The Kier molecular flexibility index (Phi) is 5.70. The van der Waals surface area contributed by atoms with Crippen LogP contribution in [0.1, 0.15) is 22.8 Å². The molecule has 7 heteroatoms. The van der Waals surface area contributed by atoms with E-state index in [9.17, 15) is 14.9 Å². The molecule has 2 rings (SSSR count). The van der Waals surface area contributed by atoms with Crippen molar-refractivity contribution in [1.29, 1.82) is 0 Å². The van der Waals surface area contributed by atoms with Crippen LogP contribution < -0.4 is 9.47 Å². The Labute approximate surface area is 147 Å². The normalized spacial score (nSPS) is 11.0. The Hall–Kier alpha value is -2.67. The van der Waals surface area contributed by atoms with E-state index in [1.165, 1.54) is 26.2 Å². The largest absolute Gasteiger partial charge is 0.493 e. The molecule has 0 radical (unpaired) electrons. The summed E-state index contributed by atoms with van der Waals surface area (Å²) in [6, 6.07) is 11.5. The molecule has 0 atom stereocenters. The first kappa shape index (κ1) is 17.7. The zero-order valence-corrected chi connectivity index (χ0v) is 14.6. The number of carbonyl (C=O) groups is 1. The summed E-state index contributed by atoms with van der Waals surface area (Å²) in [5.41, 5.74) is 0.967. The van der Waals surface area contributed by atoms with Gasteiger partial charge in [0.2, 0.25) is 5.70 Å². The fourth-order valence-electron chi connectivity index (χ4n) is 1.90. The Balaban J connectivity index is 2.24. The van der Waals surface area contributed by atoms with E-state index in [0.29, 0.717) is 16.9 Å². The van der Waals surface area contributed by atoms with Gasteiger partial charge >= 0.3 is 5.97 Å². The molecule has 124 valence electrons. The van der Waals surface area contributed by atoms with Crippen LogP contribution >= 0.6 is 15.9 Å². The molecular weight excluding hydrogens is 378 g/mol. The maximum absolute atomic E-state index is 12.2. The lowest BCUT2D eigenvalue weighted by molar-refractivity contribution is -0.422. The highest BCUT2D eigenvalue weighted by Crippen LogP contribution is 2.29. The van der Waals surface area contributed by atoms with Crippen molar-refractivity contribution in [3.8, 4) is 11.5 Å². The lowest BCUT2D eigenvalue weighted by Gasteiger charge is -2.10. The quantitative estimate of drug-likeness (QED) is 0.328. The molecule has 24 heavy (non-hydrogen) atoms. The van der Waals surface area contributed by atoms with Gasteiger partial charge in [0.15, 0.2) is 11.5 Å². The van der Waals surface area contributed by atoms with E-state index in [1.54, 1.807) is 36.4 Å². The van der Waals surface area contributed by atoms with E-state index in [4.69, 9.17) is 9.47 Å². The predicted octanol–water partition coefficient (Wildman–Crippen LogP) is 4.31. The number of hydrogen-bond donors (Lipinski definition) is 0. The maximum atomic E-state index is 12.2. The smallest absolute Gasteiger partial charge is 0.343 e. The number of ether oxygens (including phenoxy) is 2. The van der Waals surface area contributed by atoms with Crippen LogP contribution in [0.25, 0.3) is 6.08 Å². The monoisotopic (exact) mass is 391 g/mol. The molecule has 0 aliphatic rings. The van der Waals surface area contributed by atoms with E-state index in [1.807, 2.05) is 0 Å². The average molecular weight is 392 g/mol. The number of rotatable bonds is 5. The number of hydrogen-bond acceptors (Lipinski definition) is 5. The summed E-state index contributed by atoms with van der Waals surface area (Å²) >= 11 is 3.30. The minimum Gasteiger partial charge on any atom is -0.493 e. The molecule has 0 aromatic heterocycles. The molecule has 0 bridgehead atoms. The second-order valence-corrected chi connectivity index (χ2v) is 5.77. The van der Waals surface area contributed by atoms with Crippen molar-refractivity contribution in [2.24, 2.45) is 0 Å². The highest BCUT2D eigenvalue weighted by atomic mass is 79.9. The van der Waals surface area contributed by atoms with Gasteiger partial charge in [0.05, 0.1) is 17.6 Å². The van der Waals surface area contributed by atoms with Crippen LogP contribution in [-0.2, 0) is 0 Å². The van der Waals surface area contributed by atoms with Crippen molar-refractivity contribution in [2.75, 3.05) is 7.11 Å². The number of nitrogens with zero attached hydrogens (tertiary/aromatic N) is 1. The van der Waals surface area contributed by atoms with Crippen LogP contribution in [0.2, 0.25) is 0 Å². The predicted molar refractivity (Wildman–Crippen MR) is 92.7 cm³/mol. The van der Waals surface area contributed by atoms with Gasteiger partial charge in [-0.2, -0.15) is 0 Å². The lowest BCUT2D eigenvalue weighted by atomic mass is 10.1. The van der Waals surface area contributed by atoms with Crippen molar-refractivity contribution in [3.63, 3.8) is 0 Å². The standard InChI is InChI=1S/C17H14BrNO5/c1-11(19(21)22)9-12-3-8-15(16(10-12)23-2)24-17(20)13-4-6-14(18)7-5-13/h3-10H,1-2H3/b11-9-. The Morgan fingerprint density at radius 2 is 1.83 bits per heavy atom. The first-order valence-electron chi connectivity index (χ1n) is 6.89. The van der Waals surface area contributed by atoms with E-state index >= 15 is 0 Å². The Morgan fingerprint density at radius 1 is 1.17 bits per heavy atom. The van der Waals surface area contributed by atoms with Gasteiger partial charge in [-0.15, -0.1) is 0 Å². The number of halogens is 1. The number of methoxy groups -OCH3 is 1. The molecule has 0 fully saturated rings. The van der Waals surface area contributed by atoms with Gasteiger partial charge in [-0.25, -0.2) is 4.79 Å². The van der Waals surface area contributed by atoms with Gasteiger partial charge in [0, 0.05) is 17.5 Å². The third-order valence-electron chi connectivity index (χ3n) is 3.13. The fourth-order valence-corrected chi connectivity index (χ4v) is 2.16. The average Bonchev–Trinajstić information content (AvgIpc) is 2.56. The third-order valence-corrected chi connectivity index (χ3v) is 3.66. The van der Waals surface area contributed by atoms with Crippen LogP contribution in [-0.4, -0.2) is 18.0 Å². The maximum Gasteiger partial charge on any atom is 0.343 e. The summed E-state index contributed by atoms with van der Waals surface area (Å²) in [6.07, 6.45) is 1.41. The highest BCUT2D eigenvalue weighted by molar-refractivity contribution is 9.10. The van der Waals surface area contributed by atoms with Crippen LogP contribution in [0, 0.1) is 10.1 Å². The van der Waals surface area contributed by atoms with Crippen molar-refractivity contribution in [2.45, 2.75) is 6.92 Å². The minimum absolute atomic E-state index is 0.00309. The Bertz CT molecular complexity index is 799. The molecule has 0 amide bonds. The number of benzene rings is 2. The molecular formula is C17H14BrNO5. The molecule has 0 aliphatic heterocycles. The van der Waals surface area contributed by atoms with Gasteiger partial charge < -0.3 is 9.47 Å². The van der Waals surface area contributed by atoms with Crippen molar-refractivity contribution < 1.29 is 19.2 Å². The highest BCUT2D eigenvalue weighted by Gasteiger charge is 2.13. The van der Waals surface area contributed by atoms with Crippen LogP contribution in [0.5, 0.6) is 11.5 Å². The summed E-state index contributed by atoms with van der Waals surface area (Å²) in [5, 5.41) is 10.7. The number of allylic oxidation sites excluding steroid dienone is 1. The topological polar surface area (TPSA) is 78.7 Å². The number of nitro groups is 1. The first-order chi connectivity index (χ1) is 11.4. The van der Waals surface area contributed by atoms with Crippen molar-refractivity contribution in [3.05, 3.63) is 73.9 Å². The minimum atomic E-state index is -0.523. The molecule has 0 spiro atoms. The number of carbonyl (C=O) groups excluding carboxylic acids is 1. The zero-order valence-electron chi connectivity index (χ0n) is 13.0. The second kappa shape index (κ2) is 7.74. The lowest BCUT2D eigenvalue weighted by Crippen LogP contribution is -2.09. The van der Waals surface area contributed by atoms with Gasteiger partial charge in [-0.05, 0) is 42.0 Å². The van der Waals surface area contributed by atoms with Gasteiger partial charge in [0.25, 0.3) is 0 Å². The first-order valence-corrected chi connectivity index (χ1v) is 7.68. The molecule has 0 saturated carbocycles. The van der Waals surface area contributed by atoms with E-state index < -0.39 is 10.9 Å². The van der Waals surface area contributed by atoms with E-state index in [-0.39, 0.29) is 11.4 Å². The van der Waals surface area contributed by atoms with Crippen LogP contribution in [0.4, 0.5) is 0 Å². The number of esters is 1. The summed E-state index contributed by atoms with van der Waals surface area (Å²) < 4.78 is 11.4. The van der Waals surface area contributed by atoms with E-state index in [0.717, 1.165) is 4.47 Å². The van der Waals surface area contributed by atoms with Crippen LogP contribution in [0.15, 0.2) is 52.6 Å². The molecule has 0 aliphatic carbocycles. The van der Waals surface area contributed by atoms with Gasteiger partial charge in [0.1, 0.15) is 0 Å². The molecule has 2 aromatic rings. The zero-order chi connectivity index (χ0) is 17.7. The molecule has 0 N–H and O–H groups in total. The molecule has 0 saturated heterocycles. The summed E-state index contributed by atoms with van der Waals surface area (Å²) in [6.45, 7) is 1.40. The summed E-state index contributed by atoms with van der Waals surface area (Å²) in [5.74, 6) is 0.0252. The summed E-state index contributed by atoms with van der Waals surface area (Å²) in [7, 11) is 1.43. The molecule has 6 nitrogen and oxygen atoms in total. The molecule has 0 unspecified atom stereocenters.